The Labute approximate surface area is 163 Å². The molecule has 5 N–H and O–H groups in total. The number of halogens is 1. The van der Waals surface area contributed by atoms with Crippen molar-refractivity contribution in [2.24, 2.45) is 5.73 Å². The van der Waals surface area contributed by atoms with Crippen LogP contribution in [0.4, 0.5) is 9.18 Å². The largest absolute Gasteiger partial charge is 0.384 e. The first kappa shape index (κ1) is 19.9. The fourth-order valence-electron chi connectivity index (χ4n) is 3.70. The Bertz CT molecular complexity index is 784. The smallest absolute Gasteiger partial charge is 0.318 e. The summed E-state index contributed by atoms with van der Waals surface area (Å²) >= 11 is 0. The lowest BCUT2D eigenvalue weighted by molar-refractivity contribution is -0.114. The molecule has 3 rings (SSSR count). The van der Waals surface area contributed by atoms with Gasteiger partial charge in [-0.2, -0.15) is 0 Å². The molecule has 1 aliphatic heterocycles. The lowest BCUT2D eigenvalue weighted by Crippen LogP contribution is -2.52. The number of piperazine rings is 1. The third kappa shape index (κ3) is 4.68. The molecule has 2 aliphatic rings. The molecule has 8 heteroatoms. The number of carbonyl (C=O) groups excluding carboxylic acids is 2. The third-order valence-corrected chi connectivity index (χ3v) is 5.22. The van der Waals surface area contributed by atoms with Crippen LogP contribution in [0.25, 0.3) is 0 Å². The molecule has 1 heterocycles. The summed E-state index contributed by atoms with van der Waals surface area (Å²) < 4.78 is 13.2. The summed E-state index contributed by atoms with van der Waals surface area (Å²) in [6.45, 7) is 1.12. The van der Waals surface area contributed by atoms with Crippen molar-refractivity contribution >= 4 is 17.6 Å². The van der Waals surface area contributed by atoms with Crippen LogP contribution in [0, 0.1) is 11.2 Å². The van der Waals surface area contributed by atoms with Gasteiger partial charge in [0.15, 0.2) is 0 Å². The quantitative estimate of drug-likeness (QED) is 0.467. The maximum atomic E-state index is 13.2. The average molecular weight is 387 g/mol. The second-order valence-electron chi connectivity index (χ2n) is 7.23. The first-order valence-electron chi connectivity index (χ1n) is 9.63. The Kier molecular flexibility index (Phi) is 6.28. The van der Waals surface area contributed by atoms with E-state index in [1.54, 1.807) is 4.90 Å². The van der Waals surface area contributed by atoms with Gasteiger partial charge in [-0.1, -0.05) is 19.3 Å². The number of urea groups is 1. The van der Waals surface area contributed by atoms with Crippen LogP contribution in [0.1, 0.15) is 37.7 Å². The number of benzene rings is 1. The number of hydrogen-bond donors (Lipinski definition) is 4. The molecule has 1 aromatic carbocycles. The number of nitrogens with zero attached hydrogens (tertiary/aromatic N) is 1. The Balaban J connectivity index is 1.76. The molecule has 1 saturated heterocycles. The first-order chi connectivity index (χ1) is 13.5. The van der Waals surface area contributed by atoms with Crippen molar-refractivity contribution in [2.75, 3.05) is 19.6 Å². The van der Waals surface area contributed by atoms with Crippen molar-refractivity contribution in [1.82, 2.24) is 15.5 Å². The van der Waals surface area contributed by atoms with Gasteiger partial charge in [-0.25, -0.2) is 9.18 Å². The zero-order chi connectivity index (χ0) is 20.1. The standard InChI is InChI=1S/C20H26FN5O2/c21-14-8-6-13(7-9-14)18(22)17(19(23)27)16-12-26(11-10-24-16)20(28)25-15-4-2-1-3-5-15/h6-9,15,22,24H,1-5,10-12H2,(H2,23,27)(H,25,28)/b17-16+,22-18?. The predicted octanol–water partition coefficient (Wildman–Crippen LogP) is 1.88. The van der Waals surface area contributed by atoms with Crippen molar-refractivity contribution in [1.29, 1.82) is 5.41 Å². The topological polar surface area (TPSA) is 111 Å². The predicted molar refractivity (Wildman–Crippen MR) is 104 cm³/mol. The highest BCUT2D eigenvalue weighted by Crippen LogP contribution is 2.19. The van der Waals surface area contributed by atoms with Gasteiger partial charge in [0.05, 0.1) is 17.8 Å². The Hall–Kier alpha value is -2.90. The van der Waals surface area contributed by atoms with Crippen LogP contribution < -0.4 is 16.4 Å². The number of carbonyl (C=O) groups is 2. The molecule has 1 aromatic rings. The van der Waals surface area contributed by atoms with Crippen LogP contribution in [0.5, 0.6) is 0 Å². The van der Waals surface area contributed by atoms with Gasteiger partial charge in [-0.15, -0.1) is 0 Å². The molecule has 1 saturated carbocycles. The average Bonchev–Trinajstić information content (AvgIpc) is 2.69. The van der Waals surface area contributed by atoms with E-state index < -0.39 is 11.7 Å². The molecule has 0 unspecified atom stereocenters. The minimum Gasteiger partial charge on any atom is -0.384 e. The van der Waals surface area contributed by atoms with E-state index in [0.29, 0.717) is 24.4 Å². The molecule has 150 valence electrons. The maximum Gasteiger partial charge on any atom is 0.318 e. The summed E-state index contributed by atoms with van der Waals surface area (Å²) in [6.07, 6.45) is 5.43. The van der Waals surface area contributed by atoms with E-state index in [4.69, 9.17) is 11.1 Å². The van der Waals surface area contributed by atoms with Crippen LogP contribution in [-0.2, 0) is 4.79 Å². The van der Waals surface area contributed by atoms with E-state index in [9.17, 15) is 14.0 Å². The molecular formula is C20H26FN5O2. The van der Waals surface area contributed by atoms with Crippen LogP contribution in [0.15, 0.2) is 35.5 Å². The lowest BCUT2D eigenvalue weighted by atomic mass is 9.96. The van der Waals surface area contributed by atoms with Gasteiger partial charge in [0.2, 0.25) is 0 Å². The Morgan fingerprint density at radius 3 is 2.50 bits per heavy atom. The summed E-state index contributed by atoms with van der Waals surface area (Å²) in [7, 11) is 0. The summed E-state index contributed by atoms with van der Waals surface area (Å²) in [5.41, 5.74) is 6.28. The SMILES string of the molecule is N=C(/C(C(N)=O)=C1/CN(C(=O)NC2CCCCC2)CCN1)c1ccc(F)cc1. The van der Waals surface area contributed by atoms with Gasteiger partial charge in [-0.05, 0) is 37.1 Å². The Morgan fingerprint density at radius 2 is 1.86 bits per heavy atom. The number of nitrogens with one attached hydrogen (secondary N) is 3. The monoisotopic (exact) mass is 387 g/mol. The van der Waals surface area contributed by atoms with E-state index in [1.165, 1.54) is 30.7 Å². The number of hydrogen-bond acceptors (Lipinski definition) is 4. The van der Waals surface area contributed by atoms with Crippen molar-refractivity contribution in [3.05, 3.63) is 46.9 Å². The van der Waals surface area contributed by atoms with Gasteiger partial charge in [0.25, 0.3) is 5.91 Å². The number of rotatable bonds is 4. The van der Waals surface area contributed by atoms with Gasteiger partial charge in [-0.3, -0.25) is 10.2 Å². The second kappa shape index (κ2) is 8.86. The highest BCUT2D eigenvalue weighted by atomic mass is 19.1. The Morgan fingerprint density at radius 1 is 1.18 bits per heavy atom. The lowest BCUT2D eigenvalue weighted by Gasteiger charge is -2.33. The molecule has 2 fully saturated rings. The number of nitrogens with two attached hydrogens (primary N) is 1. The molecule has 0 radical (unpaired) electrons. The number of primary amides is 1. The van der Waals surface area contributed by atoms with Gasteiger partial charge in [0.1, 0.15) is 5.82 Å². The van der Waals surface area contributed by atoms with Crippen molar-refractivity contribution < 1.29 is 14.0 Å². The van der Waals surface area contributed by atoms with Gasteiger partial charge in [0, 0.05) is 30.4 Å². The van der Waals surface area contributed by atoms with Crippen molar-refractivity contribution in [3.63, 3.8) is 0 Å². The molecule has 0 atom stereocenters. The van der Waals surface area contributed by atoms with Gasteiger partial charge >= 0.3 is 6.03 Å². The summed E-state index contributed by atoms with van der Waals surface area (Å²) in [4.78, 5) is 26.3. The van der Waals surface area contributed by atoms with E-state index in [0.717, 1.165) is 25.7 Å². The fraction of sp³-hybridized carbons (Fsp3) is 0.450. The van der Waals surface area contributed by atoms with Crippen LogP contribution in [0.2, 0.25) is 0 Å². The van der Waals surface area contributed by atoms with Crippen LogP contribution >= 0.6 is 0 Å². The molecule has 7 nitrogen and oxygen atoms in total. The van der Waals surface area contributed by atoms with Gasteiger partial charge < -0.3 is 21.3 Å². The van der Waals surface area contributed by atoms with E-state index in [1.807, 2.05) is 0 Å². The molecule has 0 aromatic heterocycles. The molecule has 28 heavy (non-hydrogen) atoms. The highest BCUT2D eigenvalue weighted by molar-refractivity contribution is 6.27. The summed E-state index contributed by atoms with van der Waals surface area (Å²) in [5, 5.41) is 14.5. The molecule has 0 bridgehead atoms. The number of amides is 3. The summed E-state index contributed by atoms with van der Waals surface area (Å²) in [6, 6.07) is 5.34. The zero-order valence-corrected chi connectivity index (χ0v) is 15.8. The normalized spacial score (nSPS) is 19.5. The molecule has 0 spiro atoms. The van der Waals surface area contributed by atoms with E-state index in [2.05, 4.69) is 10.6 Å². The third-order valence-electron chi connectivity index (χ3n) is 5.22. The molecule has 1 aliphatic carbocycles. The zero-order valence-electron chi connectivity index (χ0n) is 15.8. The molecular weight excluding hydrogens is 361 g/mol. The van der Waals surface area contributed by atoms with Crippen molar-refractivity contribution in [3.8, 4) is 0 Å². The fourth-order valence-corrected chi connectivity index (χ4v) is 3.70. The second-order valence-corrected chi connectivity index (χ2v) is 7.23. The van der Waals surface area contributed by atoms with E-state index >= 15 is 0 Å². The maximum absolute atomic E-state index is 13.2. The van der Waals surface area contributed by atoms with Crippen LogP contribution in [0.3, 0.4) is 0 Å². The highest BCUT2D eigenvalue weighted by Gasteiger charge is 2.27. The minimum absolute atomic E-state index is 0.0155. The van der Waals surface area contributed by atoms with Crippen molar-refractivity contribution in [2.45, 2.75) is 38.1 Å². The summed E-state index contributed by atoms with van der Waals surface area (Å²) in [5.74, 6) is -1.18. The molecule has 3 amide bonds. The minimum atomic E-state index is -0.758. The first-order valence-corrected chi connectivity index (χ1v) is 9.63. The van der Waals surface area contributed by atoms with Crippen LogP contribution in [-0.4, -0.2) is 48.2 Å². The van der Waals surface area contributed by atoms with E-state index in [-0.39, 0.29) is 29.9 Å².